The van der Waals surface area contributed by atoms with Gasteiger partial charge >= 0.3 is 5.97 Å². The van der Waals surface area contributed by atoms with Crippen molar-refractivity contribution in [1.29, 1.82) is 0 Å². The zero-order valence-electron chi connectivity index (χ0n) is 8.41. The summed E-state index contributed by atoms with van der Waals surface area (Å²) in [6.07, 6.45) is 4.74. The van der Waals surface area contributed by atoms with Crippen LogP contribution in [0.2, 0.25) is 0 Å². The van der Waals surface area contributed by atoms with E-state index in [4.69, 9.17) is 28.4 Å². The van der Waals surface area contributed by atoms with Gasteiger partial charge in [-0.25, -0.2) is 8.42 Å². The van der Waals surface area contributed by atoms with Crippen LogP contribution in [0.3, 0.4) is 0 Å². The van der Waals surface area contributed by atoms with Gasteiger partial charge in [0.1, 0.15) is 11.8 Å². The van der Waals surface area contributed by atoms with Gasteiger partial charge < -0.3 is 15.4 Å². The molecule has 15 heavy (non-hydrogen) atoms. The lowest BCUT2D eigenvalue weighted by molar-refractivity contribution is -0.138. The Morgan fingerprint density at radius 1 is 1.53 bits per heavy atom. The Hall–Kier alpha value is -0.350. The van der Waals surface area contributed by atoms with Crippen molar-refractivity contribution >= 4 is 27.3 Å². The Labute approximate surface area is 91.6 Å². The predicted molar refractivity (Wildman–Crippen MR) is 56.6 cm³/mol. The molecule has 0 saturated heterocycles. The van der Waals surface area contributed by atoms with Gasteiger partial charge in [-0.15, -0.1) is 0 Å². The Morgan fingerprint density at radius 2 is 1.87 bits per heavy atom. The maximum absolute atomic E-state index is 10.2. The van der Waals surface area contributed by atoms with Gasteiger partial charge in [-0.05, 0) is 10.9 Å². The van der Waals surface area contributed by atoms with Crippen molar-refractivity contribution in [3.63, 3.8) is 0 Å². The van der Waals surface area contributed by atoms with E-state index >= 15 is 0 Å². The fourth-order valence-electron chi connectivity index (χ4n) is 0.486. The number of carboxylic acids is 1. The lowest BCUT2D eigenvalue weighted by Gasteiger charge is -2.02. The first-order chi connectivity index (χ1) is 6.54. The number of hydrogen-bond donors (Lipinski definition) is 3. The third kappa shape index (κ3) is 24.8. The van der Waals surface area contributed by atoms with E-state index in [1.165, 1.54) is 0 Å². The molecule has 0 saturated carbocycles. The zero-order valence-corrected chi connectivity index (χ0v) is 10.0. The SMILES string of the molecule is C[S+](C)CC[C@H](N)C(=O)O.O=S(=O)([O-])O. The van der Waals surface area contributed by atoms with Crippen molar-refractivity contribution in [1.82, 2.24) is 0 Å². The minimum Gasteiger partial charge on any atom is -0.726 e. The molecule has 0 amide bonds. The maximum atomic E-state index is 10.2. The van der Waals surface area contributed by atoms with Crippen LogP contribution >= 0.6 is 0 Å². The van der Waals surface area contributed by atoms with Crippen molar-refractivity contribution in [3.8, 4) is 0 Å². The smallest absolute Gasteiger partial charge is 0.320 e. The fraction of sp³-hybridized carbons (Fsp3) is 0.833. The Kier molecular flexibility index (Phi) is 8.96. The first-order valence-electron chi connectivity index (χ1n) is 3.75. The van der Waals surface area contributed by atoms with E-state index in [-0.39, 0.29) is 0 Å². The molecule has 0 heterocycles. The lowest BCUT2D eigenvalue weighted by atomic mass is 10.2. The highest BCUT2D eigenvalue weighted by atomic mass is 32.3. The summed E-state index contributed by atoms with van der Waals surface area (Å²) in [7, 11) is -4.61. The summed E-state index contributed by atoms with van der Waals surface area (Å²) < 4.78 is 32.8. The molecule has 92 valence electrons. The number of hydrogen-bond acceptors (Lipinski definition) is 5. The monoisotopic (exact) mass is 261 g/mol. The van der Waals surface area contributed by atoms with E-state index in [9.17, 15) is 4.79 Å². The number of aliphatic carboxylic acids is 1. The molecule has 0 aliphatic carbocycles. The quantitative estimate of drug-likeness (QED) is 0.323. The normalized spacial score (nSPS) is 12.9. The first kappa shape index (κ1) is 17.1. The second kappa shape index (κ2) is 7.88. The topological polar surface area (TPSA) is 141 Å². The maximum Gasteiger partial charge on any atom is 0.320 e. The molecule has 9 heteroatoms. The molecule has 0 aromatic heterocycles. The van der Waals surface area contributed by atoms with E-state index in [0.29, 0.717) is 17.3 Å². The van der Waals surface area contributed by atoms with Gasteiger partial charge in [-0.1, -0.05) is 0 Å². The molecule has 7 nitrogen and oxygen atoms in total. The van der Waals surface area contributed by atoms with Gasteiger partial charge in [-0.3, -0.25) is 9.35 Å². The van der Waals surface area contributed by atoms with Crippen LogP contribution < -0.4 is 5.73 Å². The molecule has 1 atom stereocenters. The molecule has 0 unspecified atom stereocenters. The highest BCUT2D eigenvalue weighted by Gasteiger charge is 2.14. The standard InChI is InChI=1S/C6H13NO2S.H2O4S/c1-10(2)4-3-5(7)6(8)9;1-5(2,3)4/h5H,3-4,7H2,1-2H3;(H2,1,2,3,4)/t5-;/m0./s1. The number of rotatable bonds is 4. The van der Waals surface area contributed by atoms with Gasteiger partial charge in [0.25, 0.3) is 0 Å². The molecule has 4 N–H and O–H groups in total. The van der Waals surface area contributed by atoms with Gasteiger partial charge in [-0.2, -0.15) is 0 Å². The van der Waals surface area contributed by atoms with Crippen LogP contribution in [0, 0.1) is 0 Å². The molecule has 0 rings (SSSR count). The van der Waals surface area contributed by atoms with Crippen LogP contribution in [0.15, 0.2) is 0 Å². The minimum absolute atomic E-state index is 0.304. The first-order valence-corrected chi connectivity index (χ1v) is 7.32. The molecule has 0 radical (unpaired) electrons. The highest BCUT2D eigenvalue weighted by molar-refractivity contribution is 7.95. The largest absolute Gasteiger partial charge is 0.726 e. The second-order valence-electron chi connectivity index (χ2n) is 2.85. The van der Waals surface area contributed by atoms with Gasteiger partial charge in [0.05, 0.1) is 12.5 Å². The van der Waals surface area contributed by atoms with Crippen molar-refractivity contribution in [2.24, 2.45) is 5.73 Å². The number of carboxylic acid groups (broad SMARTS) is 1. The van der Waals surface area contributed by atoms with Gasteiger partial charge in [0.15, 0.2) is 0 Å². The van der Waals surface area contributed by atoms with Gasteiger partial charge in [0, 0.05) is 6.42 Å². The molecule has 0 aromatic rings. The predicted octanol–water partition coefficient (Wildman–Crippen LogP) is -1.33. The summed E-state index contributed by atoms with van der Waals surface area (Å²) >= 11 is 0. The molecule has 0 aliphatic heterocycles. The minimum atomic E-state index is -4.92. The average molecular weight is 261 g/mol. The van der Waals surface area contributed by atoms with E-state index in [2.05, 4.69) is 12.5 Å². The second-order valence-corrected chi connectivity index (χ2v) is 6.09. The Balaban J connectivity index is 0. The van der Waals surface area contributed by atoms with Crippen LogP contribution in [-0.2, 0) is 26.1 Å². The van der Waals surface area contributed by atoms with Crippen LogP contribution in [0.25, 0.3) is 0 Å². The molecule has 0 bridgehead atoms. The third-order valence-electron chi connectivity index (χ3n) is 1.15. The number of carbonyl (C=O) groups is 1. The third-order valence-corrected chi connectivity index (χ3v) is 2.21. The van der Waals surface area contributed by atoms with E-state index in [0.717, 1.165) is 5.75 Å². The molecule has 0 aromatic carbocycles. The van der Waals surface area contributed by atoms with Gasteiger partial charge in [0.2, 0.25) is 10.4 Å². The van der Waals surface area contributed by atoms with E-state index < -0.39 is 22.4 Å². The summed E-state index contributed by atoms with van der Waals surface area (Å²) in [4.78, 5) is 10.2. The van der Waals surface area contributed by atoms with Crippen molar-refractivity contribution < 1.29 is 27.4 Å². The Morgan fingerprint density at radius 3 is 2.07 bits per heavy atom. The van der Waals surface area contributed by atoms with Crippen molar-refractivity contribution in [2.75, 3.05) is 18.3 Å². The highest BCUT2D eigenvalue weighted by Crippen LogP contribution is 1.93. The number of nitrogens with two attached hydrogens (primary N) is 1. The zero-order chi connectivity index (χ0) is 12.6. The summed E-state index contributed by atoms with van der Waals surface area (Å²) in [5, 5.41) is 8.37. The fourth-order valence-corrected chi connectivity index (χ4v) is 1.21. The molecular formula is C6H15NO6S2. The van der Waals surface area contributed by atoms with E-state index in [1.807, 2.05) is 0 Å². The molecular weight excluding hydrogens is 246 g/mol. The van der Waals surface area contributed by atoms with Crippen LogP contribution in [0.4, 0.5) is 0 Å². The van der Waals surface area contributed by atoms with E-state index in [1.54, 1.807) is 0 Å². The van der Waals surface area contributed by atoms with Crippen molar-refractivity contribution in [3.05, 3.63) is 0 Å². The lowest BCUT2D eigenvalue weighted by Crippen LogP contribution is -2.31. The van der Waals surface area contributed by atoms with Crippen LogP contribution in [0.1, 0.15) is 6.42 Å². The van der Waals surface area contributed by atoms with Crippen molar-refractivity contribution in [2.45, 2.75) is 12.5 Å². The summed E-state index contributed by atoms with van der Waals surface area (Å²) in [6.45, 7) is 0. The summed E-state index contributed by atoms with van der Waals surface area (Å²) in [5.74, 6) is 0.0125. The van der Waals surface area contributed by atoms with Crippen LogP contribution in [-0.4, -0.2) is 52.9 Å². The van der Waals surface area contributed by atoms with Crippen LogP contribution in [0.5, 0.6) is 0 Å². The molecule has 0 spiro atoms. The summed E-state index contributed by atoms with van der Waals surface area (Å²) in [6, 6.07) is -0.671. The molecule has 0 aliphatic rings. The summed E-state index contributed by atoms with van der Waals surface area (Å²) in [5.41, 5.74) is 5.27. The Bertz CT molecular complexity index is 267. The average Bonchev–Trinajstić information content (AvgIpc) is 1.96. The molecule has 0 fully saturated rings.